The fourth-order valence-electron chi connectivity index (χ4n) is 5.16. The van der Waals surface area contributed by atoms with Crippen molar-refractivity contribution in [3.63, 3.8) is 0 Å². The van der Waals surface area contributed by atoms with Crippen molar-refractivity contribution in [2.75, 3.05) is 17.3 Å². The molecule has 0 aliphatic carbocycles. The molecule has 3 heterocycles. The molecule has 3 aromatic carbocycles. The van der Waals surface area contributed by atoms with E-state index in [1.54, 1.807) is 67.8 Å². The molecule has 0 spiro atoms. The molecule has 3 atom stereocenters. The van der Waals surface area contributed by atoms with Gasteiger partial charge in [0, 0.05) is 21.0 Å². The van der Waals surface area contributed by atoms with Crippen LogP contribution in [-0.2, 0) is 20.9 Å². The number of methoxy groups -OCH3 is 1. The van der Waals surface area contributed by atoms with E-state index in [1.165, 1.54) is 21.6 Å². The van der Waals surface area contributed by atoms with E-state index < -0.39 is 23.0 Å². The third kappa shape index (κ3) is 4.96. The summed E-state index contributed by atoms with van der Waals surface area (Å²) < 4.78 is 7.33. The molecule has 0 bridgehead atoms. The molecular formula is C29H22BrN3O6S2. The fraction of sp³-hybridized carbons (Fsp3) is 0.172. The zero-order valence-electron chi connectivity index (χ0n) is 21.4. The van der Waals surface area contributed by atoms with Gasteiger partial charge >= 0.3 is 4.87 Å². The van der Waals surface area contributed by atoms with Gasteiger partial charge in [0.2, 0.25) is 17.7 Å². The number of rotatable bonds is 6. The molecule has 4 aromatic rings. The third-order valence-corrected chi connectivity index (χ3v) is 10.2. The van der Waals surface area contributed by atoms with Crippen LogP contribution in [0.15, 0.2) is 87.1 Å². The second-order valence-electron chi connectivity index (χ2n) is 9.52. The van der Waals surface area contributed by atoms with Crippen molar-refractivity contribution in [2.24, 2.45) is 5.92 Å². The van der Waals surface area contributed by atoms with E-state index in [0.717, 1.165) is 27.6 Å². The van der Waals surface area contributed by atoms with Gasteiger partial charge in [-0.1, -0.05) is 51.2 Å². The number of anilines is 2. The largest absolute Gasteiger partial charge is 0.508 e. The summed E-state index contributed by atoms with van der Waals surface area (Å²) in [5.74, 6) is -1.83. The lowest BCUT2D eigenvalue weighted by Crippen LogP contribution is -2.33. The van der Waals surface area contributed by atoms with Crippen LogP contribution in [0.1, 0.15) is 16.4 Å². The number of nitrogens with zero attached hydrogens (tertiary/aromatic N) is 2. The monoisotopic (exact) mass is 651 g/mol. The molecule has 0 radical (unpaired) electrons. The summed E-state index contributed by atoms with van der Waals surface area (Å²) in [5, 5.41) is 12.4. The Morgan fingerprint density at radius 2 is 1.66 bits per heavy atom. The lowest BCUT2D eigenvalue weighted by molar-refractivity contribution is -0.122. The van der Waals surface area contributed by atoms with E-state index >= 15 is 0 Å². The quantitative estimate of drug-likeness (QED) is 0.287. The van der Waals surface area contributed by atoms with E-state index in [-0.39, 0.29) is 29.0 Å². The Hall–Kier alpha value is -3.87. The standard InChI is InChI=1S/C29H22BrN3O6S2/c1-39-20-12-6-17(7-13-20)31-21(35)14-32-28-25(41-29(32)38)22(15-2-10-19(34)11-3-15)23-24(40-28)27(37)33(26(23)36)18-8-4-16(30)5-9-18/h2-13,22-24,34H,14H2,1H3,(H,31,35)/t22-,23?,24?/m0/s1. The zero-order valence-corrected chi connectivity index (χ0v) is 24.7. The number of imide groups is 1. The molecule has 12 heteroatoms. The Labute approximate surface area is 250 Å². The average molecular weight is 653 g/mol. The summed E-state index contributed by atoms with van der Waals surface area (Å²) in [4.78, 5) is 55.4. The van der Waals surface area contributed by atoms with Gasteiger partial charge in [0.15, 0.2) is 0 Å². The highest BCUT2D eigenvalue weighted by molar-refractivity contribution is 9.10. The smallest absolute Gasteiger partial charge is 0.308 e. The first-order chi connectivity index (χ1) is 19.7. The summed E-state index contributed by atoms with van der Waals surface area (Å²) in [6, 6.07) is 20.2. The van der Waals surface area contributed by atoms with Gasteiger partial charge in [0.25, 0.3) is 0 Å². The number of carbonyl (C=O) groups is 3. The topological polar surface area (TPSA) is 118 Å². The molecular weight excluding hydrogens is 630 g/mol. The van der Waals surface area contributed by atoms with Crippen molar-refractivity contribution in [1.82, 2.24) is 4.57 Å². The molecule has 6 rings (SSSR count). The number of phenols is 1. The Morgan fingerprint density at radius 1 is 0.976 bits per heavy atom. The first-order valence-corrected chi connectivity index (χ1v) is 15.0. The number of thioether (sulfide) groups is 1. The number of fused-ring (bicyclic) bond motifs is 2. The molecule has 41 heavy (non-hydrogen) atoms. The lowest BCUT2D eigenvalue weighted by Gasteiger charge is -2.30. The Morgan fingerprint density at radius 3 is 2.32 bits per heavy atom. The van der Waals surface area contributed by atoms with Gasteiger partial charge in [-0.3, -0.25) is 23.7 Å². The highest BCUT2D eigenvalue weighted by Gasteiger charge is 2.56. The normalized spacial score (nSPS) is 19.6. The first kappa shape index (κ1) is 27.3. The molecule has 3 amide bonds. The maximum Gasteiger partial charge on any atom is 0.308 e. The van der Waals surface area contributed by atoms with Crippen LogP contribution in [0.3, 0.4) is 0 Å². The summed E-state index contributed by atoms with van der Waals surface area (Å²) in [5.41, 5.74) is 1.70. The van der Waals surface area contributed by atoms with E-state index in [9.17, 15) is 24.3 Å². The van der Waals surface area contributed by atoms with Gasteiger partial charge in [0.1, 0.15) is 23.3 Å². The average Bonchev–Trinajstić information content (AvgIpc) is 3.40. The van der Waals surface area contributed by atoms with Crippen molar-refractivity contribution in [3.05, 3.63) is 97.4 Å². The van der Waals surface area contributed by atoms with Gasteiger partial charge in [0.05, 0.1) is 23.7 Å². The molecule has 1 aromatic heterocycles. The van der Waals surface area contributed by atoms with Crippen molar-refractivity contribution in [3.8, 4) is 11.5 Å². The van der Waals surface area contributed by atoms with Crippen molar-refractivity contribution < 1.29 is 24.2 Å². The molecule has 2 unspecified atom stereocenters. The summed E-state index contributed by atoms with van der Waals surface area (Å²) in [6.45, 7) is -0.262. The van der Waals surface area contributed by atoms with Gasteiger partial charge in [-0.05, 0) is 66.2 Å². The minimum absolute atomic E-state index is 0.0574. The number of carbonyl (C=O) groups excluding carboxylic acids is 3. The van der Waals surface area contributed by atoms with Crippen LogP contribution in [0, 0.1) is 5.92 Å². The summed E-state index contributed by atoms with van der Waals surface area (Å²) in [7, 11) is 1.55. The van der Waals surface area contributed by atoms with Crippen molar-refractivity contribution >= 4 is 68.1 Å². The van der Waals surface area contributed by atoms with Gasteiger partial charge < -0.3 is 15.2 Å². The van der Waals surface area contributed by atoms with Crippen LogP contribution in [0.25, 0.3) is 0 Å². The first-order valence-electron chi connectivity index (χ1n) is 12.5. The molecule has 0 saturated carbocycles. The maximum atomic E-state index is 13.9. The number of thiazole rings is 1. The number of aromatic nitrogens is 1. The fourth-order valence-corrected chi connectivity index (χ4v) is 8.20. The van der Waals surface area contributed by atoms with E-state index in [1.807, 2.05) is 0 Å². The molecule has 2 N–H and O–H groups in total. The number of hydrogen-bond donors (Lipinski definition) is 2. The van der Waals surface area contributed by atoms with Crippen LogP contribution in [0.5, 0.6) is 11.5 Å². The molecule has 208 valence electrons. The third-order valence-electron chi connectivity index (χ3n) is 7.06. The van der Waals surface area contributed by atoms with Gasteiger partial charge in [-0.25, -0.2) is 4.90 Å². The maximum absolute atomic E-state index is 13.9. The van der Waals surface area contributed by atoms with Crippen LogP contribution >= 0.6 is 39.0 Å². The minimum atomic E-state index is -0.803. The highest BCUT2D eigenvalue weighted by atomic mass is 79.9. The SMILES string of the molecule is COc1ccc(NC(=O)Cn2c3c(sc2=O)[C@@H](c2ccc(O)cc2)C2C(=O)N(c4ccc(Br)cc4)C(=O)C2S3)cc1. The number of halogens is 1. The molecule has 9 nitrogen and oxygen atoms in total. The number of nitrogens with one attached hydrogen (secondary N) is 1. The van der Waals surface area contributed by atoms with E-state index in [4.69, 9.17) is 4.74 Å². The Bertz CT molecular complexity index is 1720. The van der Waals surface area contributed by atoms with Crippen LogP contribution in [-0.4, -0.2) is 39.8 Å². The van der Waals surface area contributed by atoms with Crippen molar-refractivity contribution in [2.45, 2.75) is 22.7 Å². The highest BCUT2D eigenvalue weighted by Crippen LogP contribution is 2.54. The van der Waals surface area contributed by atoms with Crippen molar-refractivity contribution in [1.29, 1.82) is 0 Å². The summed E-state index contributed by atoms with van der Waals surface area (Å²) >= 11 is 5.50. The second kappa shape index (κ2) is 10.8. The predicted molar refractivity (Wildman–Crippen MR) is 160 cm³/mol. The number of aromatic hydroxyl groups is 1. The number of hydrogen-bond acceptors (Lipinski definition) is 8. The Kier molecular flexibility index (Phi) is 7.22. The molecule has 2 aliphatic heterocycles. The second-order valence-corrected chi connectivity index (χ2v) is 12.6. The molecule has 2 aliphatic rings. The number of benzene rings is 3. The number of phenolic OH excluding ortho intramolecular Hbond substituents is 1. The number of amides is 3. The Balaban J connectivity index is 1.38. The van der Waals surface area contributed by atoms with Crippen LogP contribution in [0.2, 0.25) is 0 Å². The molecule has 1 saturated heterocycles. The lowest BCUT2D eigenvalue weighted by atomic mass is 9.83. The van der Waals surface area contributed by atoms with Gasteiger partial charge in [-0.15, -0.1) is 0 Å². The predicted octanol–water partition coefficient (Wildman–Crippen LogP) is 4.82. The minimum Gasteiger partial charge on any atom is -0.508 e. The van der Waals surface area contributed by atoms with E-state index in [2.05, 4.69) is 21.2 Å². The zero-order chi connectivity index (χ0) is 28.8. The van der Waals surface area contributed by atoms with Crippen LogP contribution in [0.4, 0.5) is 11.4 Å². The van der Waals surface area contributed by atoms with E-state index in [0.29, 0.717) is 32.6 Å². The molecule has 1 fully saturated rings. The van der Waals surface area contributed by atoms with Crippen LogP contribution < -0.4 is 19.8 Å². The number of ether oxygens (including phenoxy) is 1. The van der Waals surface area contributed by atoms with Gasteiger partial charge in [-0.2, -0.15) is 0 Å². The summed E-state index contributed by atoms with van der Waals surface area (Å²) in [6.07, 6.45) is 0.